The number of carboxylic acid groups (broad SMARTS) is 1. The quantitative estimate of drug-likeness (QED) is 0.784. The molecule has 0 saturated heterocycles. The van der Waals surface area contributed by atoms with E-state index in [1.165, 1.54) is 29.2 Å². The van der Waals surface area contributed by atoms with Crippen molar-refractivity contribution in [3.63, 3.8) is 0 Å². The third-order valence-corrected chi connectivity index (χ3v) is 2.97. The Kier molecular flexibility index (Phi) is 7.06. The van der Waals surface area contributed by atoms with E-state index in [1.54, 1.807) is 0 Å². The molecule has 0 radical (unpaired) electrons. The van der Waals surface area contributed by atoms with Gasteiger partial charge in [-0.1, -0.05) is 13.8 Å². The minimum atomic E-state index is -4.43. The van der Waals surface area contributed by atoms with Crippen LogP contribution in [0.4, 0.5) is 13.2 Å². The van der Waals surface area contributed by atoms with Crippen LogP contribution in [0.15, 0.2) is 24.3 Å². The summed E-state index contributed by atoms with van der Waals surface area (Å²) in [5.74, 6) is -1.22. The normalized spacial score (nSPS) is 11.4. The number of ether oxygens (including phenoxy) is 1. The fraction of sp³-hybridized carbons (Fsp3) is 0.500. The molecule has 24 heavy (non-hydrogen) atoms. The first-order valence-corrected chi connectivity index (χ1v) is 7.39. The first-order chi connectivity index (χ1) is 11.1. The summed E-state index contributed by atoms with van der Waals surface area (Å²) < 4.78 is 40.9. The van der Waals surface area contributed by atoms with Gasteiger partial charge in [-0.2, -0.15) is 13.2 Å². The third kappa shape index (κ3) is 7.34. The number of halogens is 3. The highest BCUT2D eigenvalue weighted by Gasteiger charge is 2.28. The van der Waals surface area contributed by atoms with E-state index in [-0.39, 0.29) is 36.1 Å². The smallest absolute Gasteiger partial charge is 0.422 e. The number of carbonyl (C=O) groups is 2. The monoisotopic (exact) mass is 347 g/mol. The summed E-state index contributed by atoms with van der Waals surface area (Å²) in [6, 6.07) is 5.29. The van der Waals surface area contributed by atoms with Gasteiger partial charge in [0.1, 0.15) is 5.75 Å². The van der Waals surface area contributed by atoms with Crippen molar-refractivity contribution < 1.29 is 32.6 Å². The lowest BCUT2D eigenvalue weighted by molar-refractivity contribution is -0.153. The number of benzene rings is 1. The minimum Gasteiger partial charge on any atom is -0.484 e. The minimum absolute atomic E-state index is 0.00446. The van der Waals surface area contributed by atoms with Gasteiger partial charge in [-0.05, 0) is 30.2 Å². The summed E-state index contributed by atoms with van der Waals surface area (Å²) in [5, 5.41) is 8.76. The molecule has 0 aliphatic heterocycles. The number of alkyl halides is 3. The predicted molar refractivity (Wildman–Crippen MR) is 81.0 cm³/mol. The Morgan fingerprint density at radius 2 is 1.79 bits per heavy atom. The molecule has 1 rings (SSSR count). The van der Waals surface area contributed by atoms with E-state index in [0.717, 1.165) is 0 Å². The number of amides is 1. The van der Waals surface area contributed by atoms with Gasteiger partial charge in [0.05, 0.1) is 6.42 Å². The largest absolute Gasteiger partial charge is 0.484 e. The highest BCUT2D eigenvalue weighted by atomic mass is 19.4. The van der Waals surface area contributed by atoms with Crippen molar-refractivity contribution in [1.82, 2.24) is 4.90 Å². The van der Waals surface area contributed by atoms with Crippen LogP contribution < -0.4 is 4.74 Å². The van der Waals surface area contributed by atoms with Crippen molar-refractivity contribution in [3.8, 4) is 5.75 Å². The average Bonchev–Trinajstić information content (AvgIpc) is 2.48. The standard InChI is InChI=1S/C16H20F3NO4/c1-11(2)9-20(8-7-14(21)22)15(23)12-3-5-13(6-4-12)24-10-16(17,18)19/h3-6,11H,7-10H2,1-2H3,(H,21,22). The van der Waals surface area contributed by atoms with Crippen LogP contribution in [0.25, 0.3) is 0 Å². The van der Waals surface area contributed by atoms with Crippen LogP contribution in [-0.4, -0.2) is 47.8 Å². The van der Waals surface area contributed by atoms with Crippen molar-refractivity contribution in [2.45, 2.75) is 26.4 Å². The van der Waals surface area contributed by atoms with Crippen LogP contribution in [0.2, 0.25) is 0 Å². The van der Waals surface area contributed by atoms with Crippen LogP contribution in [0.3, 0.4) is 0 Å². The first kappa shape index (κ1) is 19.8. The van der Waals surface area contributed by atoms with Crippen LogP contribution in [0.1, 0.15) is 30.6 Å². The topological polar surface area (TPSA) is 66.8 Å². The fourth-order valence-electron chi connectivity index (χ4n) is 1.99. The summed E-state index contributed by atoms with van der Waals surface area (Å²) in [6.45, 7) is 2.85. The van der Waals surface area contributed by atoms with E-state index < -0.39 is 18.8 Å². The molecule has 0 atom stereocenters. The third-order valence-electron chi connectivity index (χ3n) is 2.97. The van der Waals surface area contributed by atoms with E-state index >= 15 is 0 Å². The molecule has 8 heteroatoms. The molecule has 0 aromatic heterocycles. The molecule has 1 N–H and O–H groups in total. The van der Waals surface area contributed by atoms with Crippen LogP contribution >= 0.6 is 0 Å². The van der Waals surface area contributed by atoms with Crippen LogP contribution in [0.5, 0.6) is 5.75 Å². The molecular weight excluding hydrogens is 327 g/mol. The number of carboxylic acids is 1. The summed E-state index contributed by atoms with van der Waals surface area (Å²) >= 11 is 0. The molecule has 1 aromatic carbocycles. The zero-order valence-electron chi connectivity index (χ0n) is 13.5. The molecule has 0 fully saturated rings. The lowest BCUT2D eigenvalue weighted by atomic mass is 10.1. The molecule has 0 spiro atoms. The maximum absolute atomic E-state index is 12.4. The Balaban J connectivity index is 2.77. The zero-order valence-corrected chi connectivity index (χ0v) is 13.5. The second-order valence-electron chi connectivity index (χ2n) is 5.72. The van der Waals surface area contributed by atoms with Crippen molar-refractivity contribution in [2.24, 2.45) is 5.92 Å². The first-order valence-electron chi connectivity index (χ1n) is 7.39. The maximum Gasteiger partial charge on any atom is 0.422 e. The predicted octanol–water partition coefficient (Wildman–Crippen LogP) is 3.20. The SMILES string of the molecule is CC(C)CN(CCC(=O)O)C(=O)c1ccc(OCC(F)(F)F)cc1. The molecular formula is C16H20F3NO4. The Hall–Kier alpha value is -2.25. The highest BCUT2D eigenvalue weighted by molar-refractivity contribution is 5.94. The van der Waals surface area contributed by atoms with E-state index in [0.29, 0.717) is 6.54 Å². The Labute approximate surface area is 138 Å². The van der Waals surface area contributed by atoms with Crippen molar-refractivity contribution >= 4 is 11.9 Å². The number of nitrogens with zero attached hydrogens (tertiary/aromatic N) is 1. The van der Waals surface area contributed by atoms with Gasteiger partial charge >= 0.3 is 12.1 Å². The van der Waals surface area contributed by atoms with Gasteiger partial charge in [-0.3, -0.25) is 9.59 Å². The van der Waals surface area contributed by atoms with Crippen molar-refractivity contribution in [1.29, 1.82) is 0 Å². The van der Waals surface area contributed by atoms with Gasteiger partial charge in [-0.15, -0.1) is 0 Å². The molecule has 1 amide bonds. The van der Waals surface area contributed by atoms with Gasteiger partial charge in [0.2, 0.25) is 0 Å². The lowest BCUT2D eigenvalue weighted by Crippen LogP contribution is -2.35. The molecule has 0 aliphatic rings. The van der Waals surface area contributed by atoms with E-state index in [2.05, 4.69) is 4.74 Å². The van der Waals surface area contributed by atoms with Gasteiger partial charge in [0, 0.05) is 18.7 Å². The van der Waals surface area contributed by atoms with Gasteiger partial charge < -0.3 is 14.7 Å². The summed E-state index contributed by atoms with van der Waals surface area (Å²) in [6.07, 6.45) is -4.61. The van der Waals surface area contributed by atoms with Crippen molar-refractivity contribution in [2.75, 3.05) is 19.7 Å². The van der Waals surface area contributed by atoms with E-state index in [4.69, 9.17) is 5.11 Å². The molecule has 0 aliphatic carbocycles. The molecule has 0 unspecified atom stereocenters. The van der Waals surface area contributed by atoms with E-state index in [9.17, 15) is 22.8 Å². The van der Waals surface area contributed by atoms with E-state index in [1.807, 2.05) is 13.8 Å². The number of rotatable bonds is 8. The zero-order chi connectivity index (χ0) is 18.3. The Bertz CT molecular complexity index is 555. The molecule has 0 saturated carbocycles. The van der Waals surface area contributed by atoms with Crippen molar-refractivity contribution in [3.05, 3.63) is 29.8 Å². The molecule has 5 nitrogen and oxygen atoms in total. The second-order valence-corrected chi connectivity index (χ2v) is 5.72. The number of hydrogen-bond donors (Lipinski definition) is 1. The Morgan fingerprint density at radius 1 is 1.21 bits per heavy atom. The van der Waals surface area contributed by atoms with Crippen LogP contribution in [0, 0.1) is 5.92 Å². The fourth-order valence-corrected chi connectivity index (χ4v) is 1.99. The Morgan fingerprint density at radius 3 is 2.25 bits per heavy atom. The van der Waals surface area contributed by atoms with Gasteiger partial charge in [0.15, 0.2) is 6.61 Å². The molecule has 0 bridgehead atoms. The second kappa shape index (κ2) is 8.56. The highest BCUT2D eigenvalue weighted by Crippen LogP contribution is 2.19. The van der Waals surface area contributed by atoms with Crippen LogP contribution in [-0.2, 0) is 4.79 Å². The molecule has 134 valence electrons. The summed E-state index contributed by atoms with van der Waals surface area (Å²) in [5.41, 5.74) is 0.264. The number of aliphatic carboxylic acids is 1. The number of hydrogen-bond acceptors (Lipinski definition) is 3. The molecule has 1 aromatic rings. The lowest BCUT2D eigenvalue weighted by Gasteiger charge is -2.24. The van der Waals surface area contributed by atoms with Gasteiger partial charge in [-0.25, -0.2) is 0 Å². The maximum atomic E-state index is 12.4. The summed E-state index contributed by atoms with van der Waals surface area (Å²) in [4.78, 5) is 24.6. The molecule has 0 heterocycles. The van der Waals surface area contributed by atoms with Gasteiger partial charge in [0.25, 0.3) is 5.91 Å². The average molecular weight is 347 g/mol. The summed E-state index contributed by atoms with van der Waals surface area (Å²) in [7, 11) is 0. The number of carbonyl (C=O) groups excluding carboxylic acids is 1.